The largest absolute Gasteiger partial charge is 0.478 e. The number of benzene rings is 3. The van der Waals surface area contributed by atoms with E-state index in [0.717, 1.165) is 18.6 Å². The van der Waals surface area contributed by atoms with Crippen molar-refractivity contribution in [3.8, 4) is 11.5 Å². The molecule has 0 bridgehead atoms. The average Bonchev–Trinajstić information content (AvgIpc) is 2.84. The Morgan fingerprint density at radius 3 is 1.66 bits per heavy atom. The Labute approximate surface area is 201 Å². The molecule has 3 rings (SSSR count). The van der Waals surface area contributed by atoms with Crippen LogP contribution in [0.5, 0.6) is 11.5 Å². The molecule has 0 fully saturated rings. The molecule has 0 unspecified atom stereocenters. The molecule has 35 heavy (non-hydrogen) atoms. The highest BCUT2D eigenvalue weighted by atomic mass is 16.5. The lowest BCUT2D eigenvalue weighted by molar-refractivity contribution is 0.0676. The van der Waals surface area contributed by atoms with Crippen molar-refractivity contribution in [1.29, 1.82) is 0 Å². The first-order valence-corrected chi connectivity index (χ1v) is 10.8. The molecule has 0 saturated heterocycles. The van der Waals surface area contributed by atoms with Crippen molar-refractivity contribution < 1.29 is 34.1 Å². The molecule has 3 aromatic carbocycles. The van der Waals surface area contributed by atoms with Gasteiger partial charge in [0.15, 0.2) is 0 Å². The molecular weight excluding hydrogens is 452 g/mol. The second kappa shape index (κ2) is 11.0. The van der Waals surface area contributed by atoms with E-state index in [1.54, 1.807) is 31.2 Å². The van der Waals surface area contributed by atoms with E-state index in [2.05, 4.69) is 17.6 Å². The van der Waals surface area contributed by atoms with Gasteiger partial charge in [-0.25, -0.2) is 9.59 Å². The zero-order valence-electron chi connectivity index (χ0n) is 19.1. The van der Waals surface area contributed by atoms with Crippen LogP contribution in [0.1, 0.15) is 60.8 Å². The summed E-state index contributed by atoms with van der Waals surface area (Å²) >= 11 is 0. The molecule has 0 aromatic heterocycles. The third-order valence-corrected chi connectivity index (χ3v) is 5.12. The Kier molecular flexibility index (Phi) is 7.83. The molecule has 0 heterocycles. The number of carbonyl (C=O) groups is 4. The van der Waals surface area contributed by atoms with Gasteiger partial charge in [-0.3, -0.25) is 9.59 Å². The summed E-state index contributed by atoms with van der Waals surface area (Å²) in [6, 6.07) is 15.8. The van der Waals surface area contributed by atoms with Crippen LogP contribution in [0.4, 0.5) is 5.69 Å². The maximum absolute atomic E-state index is 12.9. The number of amides is 2. The number of aromatic carboxylic acids is 2. The van der Waals surface area contributed by atoms with Crippen molar-refractivity contribution >= 4 is 29.4 Å². The number of hydrogen-bond donors (Lipinski definition) is 4. The van der Waals surface area contributed by atoms with E-state index < -0.39 is 34.9 Å². The van der Waals surface area contributed by atoms with Crippen LogP contribution in [0.25, 0.3) is 0 Å². The highest BCUT2D eigenvalue weighted by Gasteiger charge is 2.25. The summed E-state index contributed by atoms with van der Waals surface area (Å²) in [6.07, 6.45) is 0.918. The average molecular weight is 476 g/mol. The maximum atomic E-state index is 12.9. The Morgan fingerprint density at radius 1 is 0.714 bits per heavy atom. The lowest BCUT2D eigenvalue weighted by Crippen LogP contribution is -2.27. The molecule has 0 radical (unpaired) electrons. The summed E-state index contributed by atoms with van der Waals surface area (Å²) in [7, 11) is 0. The lowest BCUT2D eigenvalue weighted by atomic mass is 9.97. The number of carbonyl (C=O) groups excluding carboxylic acids is 2. The van der Waals surface area contributed by atoms with Crippen molar-refractivity contribution in [3.05, 3.63) is 88.5 Å². The predicted molar refractivity (Wildman–Crippen MR) is 129 cm³/mol. The Balaban J connectivity index is 1.84. The minimum absolute atomic E-state index is 0.215. The molecule has 0 spiro atoms. The van der Waals surface area contributed by atoms with Gasteiger partial charge in [0.2, 0.25) is 0 Å². The van der Waals surface area contributed by atoms with Gasteiger partial charge >= 0.3 is 11.9 Å². The van der Waals surface area contributed by atoms with E-state index in [9.17, 15) is 29.4 Å². The van der Waals surface area contributed by atoms with Crippen molar-refractivity contribution in [2.45, 2.75) is 20.3 Å². The Hall–Kier alpha value is -4.66. The number of aryl methyl sites for hydroxylation is 1. The third-order valence-electron chi connectivity index (χ3n) is 5.12. The second-order valence-electron chi connectivity index (χ2n) is 7.49. The third kappa shape index (κ3) is 6.02. The molecule has 0 atom stereocenters. The molecular formula is C26H24N2O7. The number of nitrogens with one attached hydrogen (secondary N) is 2. The summed E-state index contributed by atoms with van der Waals surface area (Å²) in [6.45, 7) is 3.91. The smallest absolute Gasteiger partial charge is 0.336 e. The van der Waals surface area contributed by atoms with Gasteiger partial charge in [0.25, 0.3) is 11.8 Å². The molecule has 9 nitrogen and oxygen atoms in total. The second-order valence-corrected chi connectivity index (χ2v) is 7.49. The molecule has 0 aliphatic carbocycles. The van der Waals surface area contributed by atoms with Crippen LogP contribution in [-0.4, -0.2) is 40.5 Å². The highest BCUT2D eigenvalue weighted by molar-refractivity contribution is 6.14. The fraction of sp³-hybridized carbons (Fsp3) is 0.154. The summed E-state index contributed by atoms with van der Waals surface area (Å²) in [4.78, 5) is 48.6. The van der Waals surface area contributed by atoms with Crippen LogP contribution >= 0.6 is 0 Å². The van der Waals surface area contributed by atoms with E-state index in [0.29, 0.717) is 17.2 Å². The summed E-state index contributed by atoms with van der Waals surface area (Å²) in [5, 5.41) is 24.1. The van der Waals surface area contributed by atoms with Gasteiger partial charge in [-0.2, -0.15) is 0 Å². The summed E-state index contributed by atoms with van der Waals surface area (Å²) < 4.78 is 5.78. The number of hydrogen-bond acceptors (Lipinski definition) is 5. The standard InChI is InChI=1S/C26H24N2O7/c1-3-15-5-9-17(10-6-15)35-18-11-7-16(8-12-18)28-24(30)20-14-21(25(31)32)19(23(29)27-4-2)13-22(20)26(33)34/h5-14H,3-4H2,1-2H3,(H,27,29)(H,28,30)(H,31,32)(H,33,34). The van der Waals surface area contributed by atoms with Gasteiger partial charge in [0, 0.05) is 12.2 Å². The van der Waals surface area contributed by atoms with Gasteiger partial charge in [-0.05, 0) is 67.4 Å². The van der Waals surface area contributed by atoms with E-state index in [-0.39, 0.29) is 17.7 Å². The van der Waals surface area contributed by atoms with Gasteiger partial charge in [0.05, 0.1) is 22.3 Å². The highest BCUT2D eigenvalue weighted by Crippen LogP contribution is 2.25. The van der Waals surface area contributed by atoms with Gasteiger partial charge in [-0.15, -0.1) is 0 Å². The van der Waals surface area contributed by atoms with E-state index >= 15 is 0 Å². The molecule has 9 heteroatoms. The summed E-state index contributed by atoms with van der Waals surface area (Å²) in [5.74, 6) is -3.35. The fourth-order valence-corrected chi connectivity index (χ4v) is 3.32. The van der Waals surface area contributed by atoms with E-state index in [1.807, 2.05) is 24.3 Å². The van der Waals surface area contributed by atoms with E-state index in [1.165, 1.54) is 5.56 Å². The van der Waals surface area contributed by atoms with Crippen molar-refractivity contribution in [2.75, 3.05) is 11.9 Å². The van der Waals surface area contributed by atoms with Crippen molar-refractivity contribution in [3.63, 3.8) is 0 Å². The van der Waals surface area contributed by atoms with Crippen LogP contribution in [0.15, 0.2) is 60.7 Å². The minimum atomic E-state index is -1.48. The van der Waals surface area contributed by atoms with Gasteiger partial charge in [-0.1, -0.05) is 19.1 Å². The zero-order valence-corrected chi connectivity index (χ0v) is 19.1. The SMILES string of the molecule is CCNC(=O)c1cc(C(=O)O)c(C(=O)Nc2ccc(Oc3ccc(CC)cc3)cc2)cc1C(=O)O. The zero-order chi connectivity index (χ0) is 25.5. The van der Waals surface area contributed by atoms with E-state index in [4.69, 9.17) is 4.74 Å². The molecule has 4 N–H and O–H groups in total. The first-order valence-electron chi connectivity index (χ1n) is 10.8. The molecule has 180 valence electrons. The summed E-state index contributed by atoms with van der Waals surface area (Å²) in [5.41, 5.74) is -0.194. The normalized spacial score (nSPS) is 10.3. The van der Waals surface area contributed by atoms with Crippen molar-refractivity contribution in [2.24, 2.45) is 0 Å². The fourth-order valence-electron chi connectivity index (χ4n) is 3.32. The molecule has 0 saturated carbocycles. The Bertz CT molecular complexity index is 1270. The van der Waals surface area contributed by atoms with Crippen LogP contribution in [0, 0.1) is 0 Å². The first-order chi connectivity index (χ1) is 16.7. The quantitative estimate of drug-likeness (QED) is 0.358. The number of ether oxygens (including phenoxy) is 1. The first kappa shape index (κ1) is 25.0. The van der Waals surface area contributed by atoms with Gasteiger partial charge in [0.1, 0.15) is 11.5 Å². The Morgan fingerprint density at radius 2 is 1.20 bits per heavy atom. The molecule has 2 amide bonds. The molecule has 0 aliphatic rings. The van der Waals surface area contributed by atoms with Crippen LogP contribution in [0.3, 0.4) is 0 Å². The maximum Gasteiger partial charge on any atom is 0.336 e. The molecule has 0 aliphatic heterocycles. The monoisotopic (exact) mass is 476 g/mol. The predicted octanol–water partition coefficient (Wildman–Crippen LogP) is 4.44. The topological polar surface area (TPSA) is 142 Å². The molecule has 3 aromatic rings. The lowest BCUT2D eigenvalue weighted by Gasteiger charge is -2.13. The van der Waals surface area contributed by atoms with Crippen molar-refractivity contribution in [1.82, 2.24) is 5.32 Å². The minimum Gasteiger partial charge on any atom is -0.478 e. The van der Waals surface area contributed by atoms with Crippen LogP contribution < -0.4 is 15.4 Å². The number of carboxylic acid groups (broad SMARTS) is 2. The number of rotatable bonds is 9. The van der Waals surface area contributed by atoms with Crippen LogP contribution in [-0.2, 0) is 6.42 Å². The number of carboxylic acids is 2. The van der Waals surface area contributed by atoms with Gasteiger partial charge < -0.3 is 25.6 Å². The van der Waals surface area contributed by atoms with Crippen LogP contribution in [0.2, 0.25) is 0 Å². The number of anilines is 1.